The van der Waals surface area contributed by atoms with Gasteiger partial charge < -0.3 is 10.4 Å². The molecule has 1 amide bonds. The van der Waals surface area contributed by atoms with Crippen molar-refractivity contribution in [3.8, 4) is 5.75 Å². The lowest BCUT2D eigenvalue weighted by Gasteiger charge is -2.07. The van der Waals surface area contributed by atoms with Gasteiger partial charge in [0.05, 0.1) is 16.4 Å². The molecule has 0 unspecified atom stereocenters. The van der Waals surface area contributed by atoms with Crippen LogP contribution in [0.2, 0.25) is 0 Å². The summed E-state index contributed by atoms with van der Waals surface area (Å²) in [6.07, 6.45) is 4.75. The average molecular weight is 347 g/mol. The van der Waals surface area contributed by atoms with Crippen LogP contribution in [-0.4, -0.2) is 25.6 Å². The van der Waals surface area contributed by atoms with E-state index in [0.29, 0.717) is 16.9 Å². The molecule has 0 aliphatic carbocycles. The normalized spacial score (nSPS) is 10.8. The number of phenolic OH excluding ortho intramolecular Hbond substituents is 1. The smallest absolute Gasteiger partial charge is 0.261 e. The largest absolute Gasteiger partial charge is 0.506 e. The third-order valence-corrected chi connectivity index (χ3v) is 3.38. The molecule has 0 radical (unpaired) electrons. The topological polar surface area (TPSA) is 79.5 Å². The molecule has 1 aromatic carbocycles. The number of nitrogens with zero attached hydrogens (tertiary/aromatic N) is 3. The van der Waals surface area contributed by atoms with Crippen LogP contribution in [0.1, 0.15) is 15.9 Å². The summed E-state index contributed by atoms with van der Waals surface area (Å²) in [5.74, 6) is -0.359. The zero-order valence-corrected chi connectivity index (χ0v) is 12.6. The molecule has 0 aliphatic rings. The van der Waals surface area contributed by atoms with Gasteiger partial charge in [-0.1, -0.05) is 6.07 Å². The molecule has 0 fully saturated rings. The fourth-order valence-electron chi connectivity index (χ4n) is 1.95. The van der Waals surface area contributed by atoms with Gasteiger partial charge in [-0.25, -0.2) is 9.50 Å². The third-order valence-electron chi connectivity index (χ3n) is 2.97. The van der Waals surface area contributed by atoms with E-state index in [9.17, 15) is 9.90 Å². The van der Waals surface area contributed by atoms with Crippen molar-refractivity contribution >= 4 is 33.2 Å². The standard InChI is InChI=1S/C14H11BrN4O2/c1-8-2-3-12(20)11(4-8)18-14(21)10-6-17-19-7-9(15)5-16-13(10)19/h2-7,20H,1H3,(H,18,21). The van der Waals surface area contributed by atoms with E-state index in [2.05, 4.69) is 31.3 Å². The van der Waals surface area contributed by atoms with E-state index in [-0.39, 0.29) is 11.7 Å². The van der Waals surface area contributed by atoms with Crippen molar-refractivity contribution in [2.24, 2.45) is 0 Å². The van der Waals surface area contributed by atoms with E-state index >= 15 is 0 Å². The maximum atomic E-state index is 12.3. The Kier molecular flexibility index (Phi) is 3.34. The number of rotatable bonds is 2. The summed E-state index contributed by atoms with van der Waals surface area (Å²) >= 11 is 3.29. The zero-order valence-electron chi connectivity index (χ0n) is 11.0. The molecule has 0 atom stereocenters. The summed E-state index contributed by atoms with van der Waals surface area (Å²) in [6, 6.07) is 5.00. The molecular formula is C14H11BrN4O2. The van der Waals surface area contributed by atoms with Crippen molar-refractivity contribution in [2.75, 3.05) is 5.32 Å². The van der Waals surface area contributed by atoms with Gasteiger partial charge in [0.1, 0.15) is 11.3 Å². The molecule has 6 nitrogen and oxygen atoms in total. The Morgan fingerprint density at radius 2 is 2.19 bits per heavy atom. The van der Waals surface area contributed by atoms with E-state index in [4.69, 9.17) is 0 Å². The van der Waals surface area contributed by atoms with Gasteiger partial charge in [-0.2, -0.15) is 5.10 Å². The molecule has 0 bridgehead atoms. The van der Waals surface area contributed by atoms with Crippen LogP contribution in [0.5, 0.6) is 5.75 Å². The third kappa shape index (κ3) is 2.59. The number of aromatic hydroxyl groups is 1. The van der Waals surface area contributed by atoms with Gasteiger partial charge >= 0.3 is 0 Å². The average Bonchev–Trinajstić information content (AvgIpc) is 2.85. The lowest BCUT2D eigenvalue weighted by molar-refractivity contribution is 0.102. The van der Waals surface area contributed by atoms with E-state index in [0.717, 1.165) is 10.0 Å². The second-order valence-electron chi connectivity index (χ2n) is 4.57. The van der Waals surface area contributed by atoms with Crippen molar-refractivity contribution in [2.45, 2.75) is 6.92 Å². The lowest BCUT2D eigenvalue weighted by atomic mass is 10.2. The monoisotopic (exact) mass is 346 g/mol. The second-order valence-corrected chi connectivity index (χ2v) is 5.49. The molecule has 7 heteroatoms. The van der Waals surface area contributed by atoms with Crippen LogP contribution >= 0.6 is 15.9 Å². The predicted octanol–water partition coefficient (Wildman–Crippen LogP) is 2.76. The number of hydrogen-bond donors (Lipinski definition) is 2. The number of nitrogens with one attached hydrogen (secondary N) is 1. The van der Waals surface area contributed by atoms with Crippen molar-refractivity contribution in [1.82, 2.24) is 14.6 Å². The highest BCUT2D eigenvalue weighted by molar-refractivity contribution is 9.10. The Labute approximate surface area is 128 Å². The van der Waals surface area contributed by atoms with Crippen LogP contribution in [-0.2, 0) is 0 Å². The zero-order chi connectivity index (χ0) is 15.0. The molecule has 106 valence electrons. The highest BCUT2D eigenvalue weighted by atomic mass is 79.9. The van der Waals surface area contributed by atoms with Gasteiger partial charge in [0, 0.05) is 12.4 Å². The molecule has 2 aromatic heterocycles. The minimum Gasteiger partial charge on any atom is -0.506 e. The van der Waals surface area contributed by atoms with Crippen molar-refractivity contribution in [3.05, 3.63) is 52.4 Å². The molecule has 3 rings (SSSR count). The molecule has 0 saturated heterocycles. The van der Waals surface area contributed by atoms with Crippen molar-refractivity contribution in [3.63, 3.8) is 0 Å². The van der Waals surface area contributed by atoms with Gasteiger partial charge in [-0.3, -0.25) is 4.79 Å². The number of benzene rings is 1. The minimum absolute atomic E-state index is 0.0149. The Morgan fingerprint density at radius 1 is 1.38 bits per heavy atom. The number of fused-ring (bicyclic) bond motifs is 1. The quantitative estimate of drug-likeness (QED) is 0.699. The lowest BCUT2D eigenvalue weighted by Crippen LogP contribution is -2.12. The summed E-state index contributed by atoms with van der Waals surface area (Å²) < 4.78 is 2.27. The van der Waals surface area contributed by atoms with Crippen LogP contribution in [0, 0.1) is 6.92 Å². The van der Waals surface area contributed by atoms with Crippen LogP contribution in [0.25, 0.3) is 5.65 Å². The van der Waals surface area contributed by atoms with Gasteiger partial charge in [0.25, 0.3) is 5.91 Å². The molecule has 3 aromatic rings. The van der Waals surface area contributed by atoms with Crippen molar-refractivity contribution < 1.29 is 9.90 Å². The predicted molar refractivity (Wildman–Crippen MR) is 81.5 cm³/mol. The first kappa shape index (κ1) is 13.6. The minimum atomic E-state index is -0.374. The summed E-state index contributed by atoms with van der Waals surface area (Å²) in [5, 5.41) is 16.5. The summed E-state index contributed by atoms with van der Waals surface area (Å²) in [6.45, 7) is 1.88. The molecule has 21 heavy (non-hydrogen) atoms. The van der Waals surface area contributed by atoms with E-state index in [1.54, 1.807) is 24.5 Å². The summed E-state index contributed by atoms with van der Waals surface area (Å²) in [4.78, 5) is 16.5. The molecule has 0 aliphatic heterocycles. The van der Waals surface area contributed by atoms with Crippen LogP contribution in [0.3, 0.4) is 0 Å². The Hall–Kier alpha value is -2.41. The number of amides is 1. The molecule has 2 N–H and O–H groups in total. The highest BCUT2D eigenvalue weighted by Gasteiger charge is 2.15. The molecule has 0 saturated carbocycles. The Morgan fingerprint density at radius 3 is 3.00 bits per heavy atom. The van der Waals surface area contributed by atoms with Gasteiger partial charge in [0.2, 0.25) is 0 Å². The molecule has 0 spiro atoms. The first-order chi connectivity index (χ1) is 10.0. The number of aromatic nitrogens is 3. The van der Waals surface area contributed by atoms with Crippen LogP contribution in [0.4, 0.5) is 5.69 Å². The van der Waals surface area contributed by atoms with Gasteiger partial charge in [-0.05, 0) is 40.5 Å². The first-order valence-electron chi connectivity index (χ1n) is 6.14. The SMILES string of the molecule is Cc1ccc(O)c(NC(=O)c2cnn3cc(Br)cnc23)c1. The van der Waals surface area contributed by atoms with E-state index in [1.165, 1.54) is 16.8 Å². The molecule has 2 heterocycles. The summed E-state index contributed by atoms with van der Waals surface area (Å²) in [5.41, 5.74) is 2.08. The van der Waals surface area contributed by atoms with E-state index < -0.39 is 0 Å². The van der Waals surface area contributed by atoms with Crippen molar-refractivity contribution in [1.29, 1.82) is 0 Å². The number of phenols is 1. The Balaban J connectivity index is 1.95. The number of carbonyl (C=O) groups excluding carboxylic acids is 1. The number of anilines is 1. The van der Waals surface area contributed by atoms with Gasteiger partial charge in [0.15, 0.2) is 5.65 Å². The first-order valence-corrected chi connectivity index (χ1v) is 6.94. The van der Waals surface area contributed by atoms with Crippen LogP contribution in [0.15, 0.2) is 41.3 Å². The van der Waals surface area contributed by atoms with Crippen LogP contribution < -0.4 is 5.32 Å². The molecular weight excluding hydrogens is 336 g/mol. The fourth-order valence-corrected chi connectivity index (χ4v) is 2.25. The number of hydrogen-bond acceptors (Lipinski definition) is 4. The second kappa shape index (κ2) is 5.17. The van der Waals surface area contributed by atoms with Gasteiger partial charge in [-0.15, -0.1) is 0 Å². The maximum absolute atomic E-state index is 12.3. The fraction of sp³-hybridized carbons (Fsp3) is 0.0714. The number of halogens is 1. The Bertz CT molecular complexity index is 844. The highest BCUT2D eigenvalue weighted by Crippen LogP contribution is 2.25. The van der Waals surface area contributed by atoms with E-state index in [1.807, 2.05) is 6.92 Å². The summed E-state index contributed by atoms with van der Waals surface area (Å²) in [7, 11) is 0. The number of aryl methyl sites for hydroxylation is 1. The maximum Gasteiger partial charge on any atom is 0.261 e. The number of carbonyl (C=O) groups is 1.